The van der Waals surface area contributed by atoms with Gasteiger partial charge in [0.15, 0.2) is 0 Å². The normalized spacial score (nSPS) is 14.2. The third kappa shape index (κ3) is 4.13. The van der Waals surface area contributed by atoms with Gasteiger partial charge in [-0.25, -0.2) is 4.79 Å². The molecule has 1 aliphatic heterocycles. The van der Waals surface area contributed by atoms with E-state index in [4.69, 9.17) is 4.74 Å². The molecule has 0 saturated carbocycles. The number of hydrogen-bond donors (Lipinski definition) is 1. The van der Waals surface area contributed by atoms with Crippen LogP contribution in [0, 0.1) is 10.1 Å². The number of methoxy groups -OCH3 is 1. The number of fused-ring (bicyclic) bond motifs is 3. The number of benzene rings is 2. The van der Waals surface area contributed by atoms with Crippen molar-refractivity contribution < 1.29 is 19.2 Å². The molecule has 1 N–H and O–H groups in total. The van der Waals surface area contributed by atoms with Gasteiger partial charge in [0.25, 0.3) is 5.69 Å². The fourth-order valence-corrected chi connectivity index (χ4v) is 4.76. The summed E-state index contributed by atoms with van der Waals surface area (Å²) >= 11 is 1.38. The zero-order valence-electron chi connectivity index (χ0n) is 17.1. The molecule has 1 amide bonds. The topological polar surface area (TPSA) is 106 Å². The third-order valence-corrected chi connectivity index (χ3v) is 6.52. The number of aromatic nitrogens is 1. The first-order chi connectivity index (χ1) is 14.9. The second kappa shape index (κ2) is 8.43. The third-order valence-electron chi connectivity index (χ3n) is 5.42. The second-order valence-electron chi connectivity index (χ2n) is 7.35. The molecule has 0 fully saturated rings. The van der Waals surface area contributed by atoms with Crippen molar-refractivity contribution in [3.8, 4) is 0 Å². The van der Waals surface area contributed by atoms with E-state index in [1.807, 2.05) is 17.9 Å². The molecular weight excluding hydrogens is 418 g/mol. The molecule has 9 heteroatoms. The molecule has 1 aliphatic rings. The van der Waals surface area contributed by atoms with Gasteiger partial charge in [-0.05, 0) is 37.3 Å². The lowest BCUT2D eigenvalue weighted by Crippen LogP contribution is -2.40. The van der Waals surface area contributed by atoms with Crippen LogP contribution in [-0.4, -0.2) is 45.6 Å². The smallest absolute Gasteiger partial charge is 0.337 e. The van der Waals surface area contributed by atoms with E-state index in [0.717, 1.165) is 27.1 Å². The number of thioether (sulfide) groups is 1. The van der Waals surface area contributed by atoms with Crippen molar-refractivity contribution in [3.05, 3.63) is 69.4 Å². The average Bonchev–Trinajstić information content (AvgIpc) is 3.15. The molecule has 1 atom stereocenters. The highest BCUT2D eigenvalue weighted by molar-refractivity contribution is 8.00. The number of hydrogen-bond acceptors (Lipinski definition) is 6. The number of non-ortho nitro benzene ring substituents is 1. The number of nitro benzene ring substituents is 1. The van der Waals surface area contributed by atoms with Gasteiger partial charge in [-0.3, -0.25) is 14.9 Å². The fraction of sp³-hybridized carbons (Fsp3) is 0.273. The summed E-state index contributed by atoms with van der Waals surface area (Å²) in [4.78, 5) is 41.4. The number of esters is 1. The van der Waals surface area contributed by atoms with Crippen LogP contribution < -0.4 is 0 Å². The SMILES string of the molecule is COC(=O)c1ccc2[nH]c3c(c2c1)CN(C(=O)C(C)Sc1ccc([N+](=O)[O-])cc1)CC3. The zero-order chi connectivity index (χ0) is 22.1. The summed E-state index contributed by atoms with van der Waals surface area (Å²) in [5.74, 6) is -0.388. The maximum atomic E-state index is 13.1. The molecule has 0 spiro atoms. The van der Waals surface area contributed by atoms with Crippen LogP contribution in [0.2, 0.25) is 0 Å². The van der Waals surface area contributed by atoms with Crippen molar-refractivity contribution in [3.63, 3.8) is 0 Å². The summed E-state index contributed by atoms with van der Waals surface area (Å²) in [6, 6.07) is 11.6. The highest BCUT2D eigenvalue weighted by Crippen LogP contribution is 2.31. The van der Waals surface area contributed by atoms with E-state index >= 15 is 0 Å². The number of nitrogens with zero attached hydrogens (tertiary/aromatic N) is 2. The average molecular weight is 439 g/mol. The standard InChI is InChI=1S/C22H21N3O5S/c1-13(31-16-6-4-15(5-7-16)25(28)29)21(26)24-10-9-20-18(12-24)17-11-14(22(27)30-2)3-8-19(17)23-20/h3-8,11,13,23H,9-10,12H2,1-2H3. The Kier molecular flexibility index (Phi) is 5.69. The molecule has 2 heterocycles. The first-order valence-corrected chi connectivity index (χ1v) is 10.7. The molecule has 0 saturated heterocycles. The van der Waals surface area contributed by atoms with Crippen LogP contribution in [0.5, 0.6) is 0 Å². The van der Waals surface area contributed by atoms with Crippen molar-refractivity contribution in [2.75, 3.05) is 13.7 Å². The minimum Gasteiger partial charge on any atom is -0.465 e. The fourth-order valence-electron chi connectivity index (χ4n) is 3.81. The molecule has 8 nitrogen and oxygen atoms in total. The molecule has 31 heavy (non-hydrogen) atoms. The molecule has 2 aromatic carbocycles. The number of carbonyl (C=O) groups excluding carboxylic acids is 2. The Hall–Kier alpha value is -3.33. The lowest BCUT2D eigenvalue weighted by molar-refractivity contribution is -0.384. The zero-order valence-corrected chi connectivity index (χ0v) is 17.9. The van der Waals surface area contributed by atoms with Crippen LogP contribution in [0.4, 0.5) is 5.69 Å². The first kappa shape index (κ1) is 20.9. The molecule has 0 bridgehead atoms. The van der Waals surface area contributed by atoms with E-state index in [-0.39, 0.29) is 16.8 Å². The number of nitrogens with one attached hydrogen (secondary N) is 1. The summed E-state index contributed by atoms with van der Waals surface area (Å²) in [6.07, 6.45) is 0.707. The van der Waals surface area contributed by atoms with Crippen LogP contribution in [0.1, 0.15) is 28.5 Å². The minimum atomic E-state index is -0.443. The van der Waals surface area contributed by atoms with E-state index in [9.17, 15) is 19.7 Å². The van der Waals surface area contributed by atoms with Gasteiger partial charge < -0.3 is 14.6 Å². The monoisotopic (exact) mass is 439 g/mol. The number of nitro groups is 1. The Morgan fingerprint density at radius 2 is 1.97 bits per heavy atom. The molecule has 0 radical (unpaired) electrons. The second-order valence-corrected chi connectivity index (χ2v) is 8.77. The van der Waals surface area contributed by atoms with Crippen LogP contribution >= 0.6 is 11.8 Å². The molecule has 3 aromatic rings. The van der Waals surface area contributed by atoms with Gasteiger partial charge in [-0.2, -0.15) is 0 Å². The summed E-state index contributed by atoms with van der Waals surface area (Å²) in [7, 11) is 1.35. The largest absolute Gasteiger partial charge is 0.465 e. The highest BCUT2D eigenvalue weighted by atomic mass is 32.2. The van der Waals surface area contributed by atoms with Crippen molar-refractivity contribution in [2.24, 2.45) is 0 Å². The van der Waals surface area contributed by atoms with Crippen LogP contribution in [0.25, 0.3) is 10.9 Å². The number of amides is 1. The lowest BCUT2D eigenvalue weighted by Gasteiger charge is -2.29. The van der Waals surface area contributed by atoms with Crippen molar-refractivity contribution in [2.45, 2.75) is 30.0 Å². The summed E-state index contributed by atoms with van der Waals surface area (Å²) in [6.45, 7) is 2.91. The molecule has 0 aliphatic carbocycles. The molecule has 4 rings (SSSR count). The Labute approximate surface area is 182 Å². The van der Waals surface area contributed by atoms with Gasteiger partial charge in [0.2, 0.25) is 5.91 Å². The van der Waals surface area contributed by atoms with E-state index in [1.165, 1.54) is 31.0 Å². The Morgan fingerprint density at radius 1 is 1.23 bits per heavy atom. The number of ether oxygens (including phenoxy) is 1. The number of H-pyrrole nitrogens is 1. The highest BCUT2D eigenvalue weighted by Gasteiger charge is 2.28. The predicted octanol–water partition coefficient (Wildman–Crippen LogP) is 3.93. The number of aromatic amines is 1. The first-order valence-electron chi connectivity index (χ1n) is 9.79. The maximum Gasteiger partial charge on any atom is 0.337 e. The van der Waals surface area contributed by atoms with Crippen molar-refractivity contribution in [1.29, 1.82) is 0 Å². The van der Waals surface area contributed by atoms with E-state index in [2.05, 4.69) is 4.98 Å². The van der Waals surface area contributed by atoms with Gasteiger partial charge in [0.1, 0.15) is 0 Å². The Bertz CT molecular complexity index is 1170. The number of carbonyl (C=O) groups is 2. The molecule has 1 aromatic heterocycles. The van der Waals surface area contributed by atoms with Gasteiger partial charge in [-0.15, -0.1) is 11.8 Å². The van der Waals surface area contributed by atoms with Gasteiger partial charge in [-0.1, -0.05) is 0 Å². The van der Waals surface area contributed by atoms with Gasteiger partial charge in [0, 0.05) is 58.7 Å². The summed E-state index contributed by atoms with van der Waals surface area (Å²) < 4.78 is 4.82. The van der Waals surface area contributed by atoms with Crippen molar-refractivity contribution in [1.82, 2.24) is 9.88 Å². The summed E-state index contributed by atoms with van der Waals surface area (Å²) in [5, 5.41) is 11.4. The maximum absolute atomic E-state index is 13.1. The Balaban J connectivity index is 1.51. The van der Waals surface area contributed by atoms with Crippen LogP contribution in [-0.2, 0) is 22.5 Å². The minimum absolute atomic E-state index is 0.00692. The molecule has 160 valence electrons. The summed E-state index contributed by atoms with van der Waals surface area (Å²) in [5.41, 5.74) is 3.53. The number of rotatable bonds is 5. The predicted molar refractivity (Wildman–Crippen MR) is 117 cm³/mol. The molecule has 1 unspecified atom stereocenters. The van der Waals surface area contributed by atoms with Crippen molar-refractivity contribution >= 4 is 40.2 Å². The van der Waals surface area contributed by atoms with E-state index in [0.29, 0.717) is 25.1 Å². The Morgan fingerprint density at radius 3 is 2.65 bits per heavy atom. The van der Waals surface area contributed by atoms with Crippen LogP contribution in [0.15, 0.2) is 47.4 Å². The lowest BCUT2D eigenvalue weighted by atomic mass is 10.0. The van der Waals surface area contributed by atoms with E-state index in [1.54, 1.807) is 24.3 Å². The van der Waals surface area contributed by atoms with Crippen LogP contribution in [0.3, 0.4) is 0 Å². The quantitative estimate of drug-likeness (QED) is 0.279. The molecular formula is C22H21N3O5S. The van der Waals surface area contributed by atoms with Gasteiger partial charge in [0.05, 0.1) is 22.8 Å². The van der Waals surface area contributed by atoms with Gasteiger partial charge >= 0.3 is 5.97 Å². The van der Waals surface area contributed by atoms with E-state index < -0.39 is 10.9 Å².